The van der Waals surface area contributed by atoms with Crippen LogP contribution in [0.3, 0.4) is 0 Å². The normalized spacial score (nSPS) is 11.9. The van der Waals surface area contributed by atoms with Crippen LogP contribution in [-0.2, 0) is 0 Å². The van der Waals surface area contributed by atoms with Gasteiger partial charge in [-0.05, 0) is 79.9 Å². The second-order valence-electron chi connectivity index (χ2n) is 10.7. The minimum atomic E-state index is 1.02. The molecule has 0 saturated carbocycles. The number of pyridine rings is 1. The Hall–Kier alpha value is -5.05. The molecule has 1 nitrogen and oxygen atoms in total. The van der Waals surface area contributed by atoms with Crippen LogP contribution in [0.2, 0.25) is 0 Å². The molecule has 0 saturated heterocycles. The molecule has 0 fully saturated rings. The molecule has 0 spiro atoms. The van der Waals surface area contributed by atoms with Crippen molar-refractivity contribution in [3.63, 3.8) is 0 Å². The summed E-state index contributed by atoms with van der Waals surface area (Å²) in [7, 11) is 0. The number of benzene rings is 6. The summed E-state index contributed by atoms with van der Waals surface area (Å²) in [6, 6.07) is 48.9. The van der Waals surface area contributed by atoms with E-state index in [0.29, 0.717) is 0 Å². The Morgan fingerprint density at radius 2 is 1.05 bits per heavy atom. The zero-order valence-corrected chi connectivity index (χ0v) is 23.0. The Balaban J connectivity index is 1.37. The molecule has 9 rings (SSSR count). The number of hydrogen-bond donors (Lipinski definition) is 0. The Morgan fingerprint density at radius 1 is 0.415 bits per heavy atom. The molecule has 190 valence electrons. The van der Waals surface area contributed by atoms with Crippen molar-refractivity contribution in [3.05, 3.63) is 140 Å². The highest BCUT2D eigenvalue weighted by atomic mass is 32.1. The van der Waals surface area contributed by atoms with Gasteiger partial charge in [-0.15, -0.1) is 11.3 Å². The van der Waals surface area contributed by atoms with Crippen LogP contribution in [-0.4, -0.2) is 4.98 Å². The van der Waals surface area contributed by atoms with E-state index in [1.165, 1.54) is 81.2 Å². The van der Waals surface area contributed by atoms with Gasteiger partial charge in [0.05, 0.1) is 5.52 Å². The van der Waals surface area contributed by atoms with Crippen LogP contribution in [0.15, 0.2) is 140 Å². The molecule has 0 atom stereocenters. The van der Waals surface area contributed by atoms with Crippen molar-refractivity contribution < 1.29 is 0 Å². The van der Waals surface area contributed by atoms with Crippen molar-refractivity contribution >= 4 is 42.4 Å². The highest BCUT2D eigenvalue weighted by Crippen LogP contribution is 2.50. The minimum Gasteiger partial charge on any atom is -0.256 e. The van der Waals surface area contributed by atoms with E-state index in [0.717, 1.165) is 5.52 Å². The average Bonchev–Trinajstić information content (AvgIpc) is 3.42. The smallest absolute Gasteiger partial charge is 0.0708 e. The third-order valence-corrected chi connectivity index (χ3v) is 9.73. The fourth-order valence-corrected chi connectivity index (χ4v) is 7.94. The molecule has 0 aliphatic heterocycles. The standard InChI is InChI=1S/C39H23NS/c1-2-11-28-26(9-1)32-20-21-36-34(16-8-22-40-36)38(32)31-13-4-3-10-27(31)29-19-18-24(23-35(28)29)25-14-7-15-33-30-12-5-6-17-37(30)41-39(25)33/h1-23H. The predicted octanol–water partition coefficient (Wildman–Crippen LogP) is 11.3. The second-order valence-corrected chi connectivity index (χ2v) is 11.7. The summed E-state index contributed by atoms with van der Waals surface area (Å²) in [4.78, 5) is 4.70. The quantitative estimate of drug-likeness (QED) is 0.203. The molecule has 8 aromatic rings. The molecule has 0 N–H and O–H groups in total. The van der Waals surface area contributed by atoms with Crippen LogP contribution in [0.5, 0.6) is 0 Å². The molecule has 2 heterocycles. The van der Waals surface area contributed by atoms with Crippen molar-refractivity contribution in [1.29, 1.82) is 0 Å². The van der Waals surface area contributed by atoms with E-state index in [-0.39, 0.29) is 0 Å². The summed E-state index contributed by atoms with van der Waals surface area (Å²) in [6.45, 7) is 0. The van der Waals surface area contributed by atoms with Crippen molar-refractivity contribution in [2.75, 3.05) is 0 Å². The summed E-state index contributed by atoms with van der Waals surface area (Å²) in [5.41, 5.74) is 13.6. The van der Waals surface area contributed by atoms with E-state index in [2.05, 4.69) is 127 Å². The molecule has 2 heteroatoms. The molecule has 1 aliphatic carbocycles. The SMILES string of the molecule is c1ccc2c(c1)-c1cc(-c3cccc4c3sc3ccccc34)ccc1-c1ccccc1-c1c-2ccc2ncccc12. The van der Waals surface area contributed by atoms with Gasteiger partial charge in [0, 0.05) is 31.8 Å². The van der Waals surface area contributed by atoms with Crippen molar-refractivity contribution in [2.24, 2.45) is 0 Å². The molecule has 0 amide bonds. The van der Waals surface area contributed by atoms with E-state index >= 15 is 0 Å². The molecule has 1 aliphatic rings. The van der Waals surface area contributed by atoms with Crippen LogP contribution in [0, 0.1) is 0 Å². The molecule has 0 radical (unpaired) electrons. The van der Waals surface area contributed by atoms with Crippen LogP contribution in [0.25, 0.3) is 86.7 Å². The lowest BCUT2D eigenvalue weighted by atomic mass is 9.79. The first kappa shape index (κ1) is 22.7. The van der Waals surface area contributed by atoms with E-state index in [1.54, 1.807) is 0 Å². The number of aromatic nitrogens is 1. The van der Waals surface area contributed by atoms with E-state index in [1.807, 2.05) is 23.6 Å². The zero-order chi connectivity index (χ0) is 26.9. The molecule has 41 heavy (non-hydrogen) atoms. The van der Waals surface area contributed by atoms with Crippen molar-refractivity contribution in [3.8, 4) is 55.6 Å². The average molecular weight is 538 g/mol. The third-order valence-electron chi connectivity index (χ3n) is 8.51. The maximum Gasteiger partial charge on any atom is 0.0708 e. The fraction of sp³-hybridized carbons (Fsp3) is 0. The van der Waals surface area contributed by atoms with Crippen molar-refractivity contribution in [2.45, 2.75) is 0 Å². The van der Waals surface area contributed by atoms with Gasteiger partial charge < -0.3 is 0 Å². The number of hydrogen-bond acceptors (Lipinski definition) is 2. The van der Waals surface area contributed by atoms with Gasteiger partial charge >= 0.3 is 0 Å². The number of fused-ring (bicyclic) bond motifs is 13. The first-order valence-corrected chi connectivity index (χ1v) is 14.8. The van der Waals surface area contributed by atoms with Crippen LogP contribution in [0.4, 0.5) is 0 Å². The molecular weight excluding hydrogens is 515 g/mol. The van der Waals surface area contributed by atoms with Crippen LogP contribution < -0.4 is 0 Å². The molecule has 2 aromatic heterocycles. The summed E-state index contributed by atoms with van der Waals surface area (Å²) < 4.78 is 2.68. The van der Waals surface area contributed by atoms with E-state index in [4.69, 9.17) is 4.98 Å². The predicted molar refractivity (Wildman–Crippen MR) is 175 cm³/mol. The Bertz CT molecular complexity index is 2320. The minimum absolute atomic E-state index is 1.02. The summed E-state index contributed by atoms with van der Waals surface area (Å²) >= 11 is 1.89. The maximum absolute atomic E-state index is 4.70. The zero-order valence-electron chi connectivity index (χ0n) is 22.1. The van der Waals surface area contributed by atoms with Gasteiger partial charge in [0.2, 0.25) is 0 Å². The Morgan fingerprint density at radius 3 is 1.93 bits per heavy atom. The first-order valence-electron chi connectivity index (χ1n) is 14.0. The lowest BCUT2D eigenvalue weighted by molar-refractivity contribution is 1.41. The highest BCUT2D eigenvalue weighted by molar-refractivity contribution is 7.26. The van der Waals surface area contributed by atoms with E-state index < -0.39 is 0 Å². The largest absolute Gasteiger partial charge is 0.256 e. The molecule has 0 unspecified atom stereocenters. The first-order chi connectivity index (χ1) is 20.3. The van der Waals surface area contributed by atoms with Gasteiger partial charge in [0.25, 0.3) is 0 Å². The Kier molecular flexibility index (Phi) is 4.84. The number of rotatable bonds is 1. The Labute approximate surface area is 242 Å². The van der Waals surface area contributed by atoms with Crippen LogP contribution in [0.1, 0.15) is 0 Å². The summed E-state index contributed by atoms with van der Waals surface area (Å²) in [5, 5.41) is 3.84. The summed E-state index contributed by atoms with van der Waals surface area (Å²) in [5.74, 6) is 0. The molecule has 6 aromatic carbocycles. The molecular formula is C39H23NS. The molecule has 0 bridgehead atoms. The monoisotopic (exact) mass is 537 g/mol. The van der Waals surface area contributed by atoms with E-state index in [9.17, 15) is 0 Å². The van der Waals surface area contributed by atoms with Gasteiger partial charge in [-0.1, -0.05) is 109 Å². The van der Waals surface area contributed by atoms with Gasteiger partial charge in [0.15, 0.2) is 0 Å². The van der Waals surface area contributed by atoms with Gasteiger partial charge in [-0.2, -0.15) is 0 Å². The maximum atomic E-state index is 4.70. The summed E-state index contributed by atoms with van der Waals surface area (Å²) in [6.07, 6.45) is 1.88. The lowest BCUT2D eigenvalue weighted by Gasteiger charge is -2.24. The van der Waals surface area contributed by atoms with Crippen molar-refractivity contribution in [1.82, 2.24) is 4.98 Å². The lowest BCUT2D eigenvalue weighted by Crippen LogP contribution is -1.98. The fourth-order valence-electron chi connectivity index (χ4n) is 6.70. The number of nitrogens with zero attached hydrogens (tertiary/aromatic N) is 1. The van der Waals surface area contributed by atoms with Gasteiger partial charge in [-0.25, -0.2) is 0 Å². The van der Waals surface area contributed by atoms with Crippen LogP contribution >= 0.6 is 11.3 Å². The van der Waals surface area contributed by atoms with Gasteiger partial charge in [0.1, 0.15) is 0 Å². The topological polar surface area (TPSA) is 12.9 Å². The highest BCUT2D eigenvalue weighted by Gasteiger charge is 2.24. The number of thiophene rings is 1. The third kappa shape index (κ3) is 3.32. The second kappa shape index (κ2) is 8.72. The van der Waals surface area contributed by atoms with Gasteiger partial charge in [-0.3, -0.25) is 4.98 Å².